The highest BCUT2D eigenvalue weighted by molar-refractivity contribution is 6.01. The van der Waals surface area contributed by atoms with Gasteiger partial charge in [0.05, 0.1) is 17.3 Å². The van der Waals surface area contributed by atoms with E-state index in [1.165, 1.54) is 0 Å². The van der Waals surface area contributed by atoms with Gasteiger partial charge < -0.3 is 0 Å². The quantitative estimate of drug-likeness (QED) is 0.638. The van der Waals surface area contributed by atoms with Crippen molar-refractivity contribution in [3.05, 3.63) is 77.6 Å². The number of benzene rings is 2. The second kappa shape index (κ2) is 5.60. The third-order valence-corrected chi connectivity index (χ3v) is 3.40. The molecular weight excluding hydrogens is 256 g/mol. The van der Waals surface area contributed by atoms with Crippen LogP contribution in [0.1, 0.15) is 17.0 Å². The van der Waals surface area contributed by atoms with Crippen molar-refractivity contribution >= 4 is 22.4 Å². The molecule has 0 radical (unpaired) electrons. The van der Waals surface area contributed by atoms with E-state index in [-0.39, 0.29) is 0 Å². The third kappa shape index (κ3) is 2.68. The van der Waals surface area contributed by atoms with Crippen molar-refractivity contribution in [1.29, 1.82) is 5.26 Å². The maximum atomic E-state index is 9.52. The Bertz CT molecular complexity index is 865. The van der Waals surface area contributed by atoms with Gasteiger partial charge in [0, 0.05) is 11.3 Å². The van der Waals surface area contributed by atoms with Gasteiger partial charge in [0.25, 0.3) is 0 Å². The Kier molecular flexibility index (Phi) is 3.49. The summed E-state index contributed by atoms with van der Waals surface area (Å²) in [5.41, 5.74) is 3.32. The molecule has 2 aromatic carbocycles. The molecule has 0 spiro atoms. The molecule has 1 aromatic heterocycles. The average Bonchev–Trinajstić information content (AvgIpc) is 2.52. The second-order valence-electron chi connectivity index (χ2n) is 4.90. The number of allylic oxidation sites excluding steroid dienone is 1. The molecule has 3 aromatic rings. The van der Waals surface area contributed by atoms with E-state index >= 15 is 0 Å². The number of pyridine rings is 1. The predicted octanol–water partition coefficient (Wildman–Crippen LogP) is 4.61. The van der Waals surface area contributed by atoms with Crippen LogP contribution in [0.3, 0.4) is 0 Å². The number of nitriles is 1. The number of rotatable bonds is 2. The van der Waals surface area contributed by atoms with Gasteiger partial charge in [-0.2, -0.15) is 5.26 Å². The first kappa shape index (κ1) is 13.1. The Morgan fingerprint density at radius 1 is 1.00 bits per heavy atom. The van der Waals surface area contributed by atoms with Gasteiger partial charge in [-0.15, -0.1) is 0 Å². The molecule has 1 heterocycles. The number of hydrogen-bond donors (Lipinski definition) is 0. The molecule has 0 saturated heterocycles. The van der Waals surface area contributed by atoms with E-state index in [4.69, 9.17) is 0 Å². The minimum Gasteiger partial charge on any atom is -0.254 e. The van der Waals surface area contributed by atoms with Gasteiger partial charge in [-0.1, -0.05) is 48.5 Å². The highest BCUT2D eigenvalue weighted by atomic mass is 14.7. The molecule has 0 aliphatic carbocycles. The summed E-state index contributed by atoms with van der Waals surface area (Å²) in [7, 11) is 0. The molecule has 3 rings (SSSR count). The van der Waals surface area contributed by atoms with Gasteiger partial charge in [-0.3, -0.25) is 4.98 Å². The maximum absolute atomic E-state index is 9.52. The van der Waals surface area contributed by atoms with Crippen LogP contribution in [-0.2, 0) is 0 Å². The standard InChI is InChI=1S/C19H14N2/c1-14-6-4-9-17(21-14)12-16(13-20)19-11-5-8-15-7-2-3-10-18(15)19/h2-12H,1H3/b16-12-. The topological polar surface area (TPSA) is 36.7 Å². The van der Waals surface area contributed by atoms with Gasteiger partial charge in [-0.25, -0.2) is 0 Å². The lowest BCUT2D eigenvalue weighted by molar-refractivity contribution is 1.18. The van der Waals surface area contributed by atoms with Crippen LogP contribution in [0.5, 0.6) is 0 Å². The first-order valence-electron chi connectivity index (χ1n) is 6.81. The molecule has 0 aliphatic heterocycles. The molecule has 100 valence electrons. The van der Waals surface area contributed by atoms with Crippen LogP contribution in [0, 0.1) is 18.3 Å². The van der Waals surface area contributed by atoms with Crippen LogP contribution in [0.4, 0.5) is 0 Å². The lowest BCUT2D eigenvalue weighted by Crippen LogP contribution is -1.88. The van der Waals surface area contributed by atoms with Crippen molar-refractivity contribution in [2.75, 3.05) is 0 Å². The summed E-state index contributed by atoms with van der Waals surface area (Å²) in [6.07, 6.45) is 1.84. The van der Waals surface area contributed by atoms with Gasteiger partial charge in [0.1, 0.15) is 0 Å². The minimum atomic E-state index is 0.630. The molecule has 0 saturated carbocycles. The summed E-state index contributed by atoms with van der Waals surface area (Å²) in [6.45, 7) is 1.95. The fraction of sp³-hybridized carbons (Fsp3) is 0.0526. The number of nitrogens with zero attached hydrogens (tertiary/aromatic N) is 2. The molecule has 0 bridgehead atoms. The summed E-state index contributed by atoms with van der Waals surface area (Å²) >= 11 is 0. The van der Waals surface area contributed by atoms with E-state index in [1.807, 2.05) is 61.5 Å². The molecule has 21 heavy (non-hydrogen) atoms. The zero-order chi connectivity index (χ0) is 14.7. The lowest BCUT2D eigenvalue weighted by atomic mass is 9.98. The number of aromatic nitrogens is 1. The van der Waals surface area contributed by atoms with E-state index in [0.29, 0.717) is 5.57 Å². The van der Waals surface area contributed by atoms with E-state index in [2.05, 4.69) is 23.2 Å². The van der Waals surface area contributed by atoms with Crippen LogP contribution in [0.2, 0.25) is 0 Å². The molecular formula is C19H14N2. The molecule has 0 aliphatic rings. The van der Waals surface area contributed by atoms with Gasteiger partial charge in [0.15, 0.2) is 0 Å². The number of aryl methyl sites for hydroxylation is 1. The molecule has 0 unspecified atom stereocenters. The zero-order valence-electron chi connectivity index (χ0n) is 11.7. The summed E-state index contributed by atoms with van der Waals surface area (Å²) in [4.78, 5) is 4.44. The van der Waals surface area contributed by atoms with Crippen molar-refractivity contribution in [3.8, 4) is 6.07 Å². The average molecular weight is 270 g/mol. The van der Waals surface area contributed by atoms with Gasteiger partial charge in [-0.05, 0) is 35.9 Å². The monoisotopic (exact) mass is 270 g/mol. The van der Waals surface area contributed by atoms with Crippen molar-refractivity contribution in [3.63, 3.8) is 0 Å². The molecule has 0 amide bonds. The molecule has 0 N–H and O–H groups in total. The fourth-order valence-electron chi connectivity index (χ4n) is 2.42. The Morgan fingerprint density at radius 2 is 1.76 bits per heavy atom. The Balaban J connectivity index is 2.17. The highest BCUT2D eigenvalue weighted by Gasteiger charge is 2.06. The molecule has 2 heteroatoms. The largest absolute Gasteiger partial charge is 0.254 e. The first-order valence-corrected chi connectivity index (χ1v) is 6.81. The Labute approximate surface area is 124 Å². The van der Waals surface area contributed by atoms with Crippen molar-refractivity contribution in [2.24, 2.45) is 0 Å². The smallest absolute Gasteiger partial charge is 0.0998 e. The van der Waals surface area contributed by atoms with Crippen molar-refractivity contribution in [1.82, 2.24) is 4.98 Å². The normalized spacial score (nSPS) is 11.3. The first-order chi connectivity index (χ1) is 10.3. The summed E-state index contributed by atoms with van der Waals surface area (Å²) in [6, 6.07) is 22.2. The van der Waals surface area contributed by atoms with E-state index < -0.39 is 0 Å². The fourth-order valence-corrected chi connectivity index (χ4v) is 2.42. The highest BCUT2D eigenvalue weighted by Crippen LogP contribution is 2.26. The third-order valence-electron chi connectivity index (χ3n) is 3.40. The van der Waals surface area contributed by atoms with Gasteiger partial charge >= 0.3 is 0 Å². The van der Waals surface area contributed by atoms with Crippen LogP contribution < -0.4 is 0 Å². The maximum Gasteiger partial charge on any atom is 0.0998 e. The SMILES string of the molecule is Cc1cccc(/C=C(/C#N)c2cccc3ccccc23)n1. The Hall–Kier alpha value is -2.92. The Morgan fingerprint density at radius 3 is 2.57 bits per heavy atom. The minimum absolute atomic E-state index is 0.630. The summed E-state index contributed by atoms with van der Waals surface area (Å²) in [5.74, 6) is 0. The predicted molar refractivity (Wildman–Crippen MR) is 86.4 cm³/mol. The van der Waals surface area contributed by atoms with Crippen LogP contribution in [0.15, 0.2) is 60.7 Å². The van der Waals surface area contributed by atoms with Crippen molar-refractivity contribution in [2.45, 2.75) is 6.92 Å². The number of fused-ring (bicyclic) bond motifs is 1. The molecule has 0 atom stereocenters. The lowest BCUT2D eigenvalue weighted by Gasteiger charge is -2.05. The van der Waals surface area contributed by atoms with Crippen LogP contribution in [0.25, 0.3) is 22.4 Å². The summed E-state index contributed by atoms with van der Waals surface area (Å²) < 4.78 is 0. The van der Waals surface area contributed by atoms with E-state index in [1.54, 1.807) is 0 Å². The number of hydrogen-bond acceptors (Lipinski definition) is 2. The van der Waals surface area contributed by atoms with Gasteiger partial charge in [0.2, 0.25) is 0 Å². The zero-order valence-corrected chi connectivity index (χ0v) is 11.7. The van der Waals surface area contributed by atoms with E-state index in [0.717, 1.165) is 27.7 Å². The molecule has 2 nitrogen and oxygen atoms in total. The molecule has 0 fully saturated rings. The second-order valence-corrected chi connectivity index (χ2v) is 4.90. The van der Waals surface area contributed by atoms with Crippen LogP contribution >= 0.6 is 0 Å². The summed E-state index contributed by atoms with van der Waals surface area (Å²) in [5, 5.41) is 11.7. The van der Waals surface area contributed by atoms with E-state index in [9.17, 15) is 5.26 Å². The van der Waals surface area contributed by atoms with Crippen LogP contribution in [-0.4, -0.2) is 4.98 Å². The van der Waals surface area contributed by atoms with Crippen molar-refractivity contribution < 1.29 is 0 Å².